The summed E-state index contributed by atoms with van der Waals surface area (Å²) in [6, 6.07) is 17.6. The van der Waals surface area contributed by atoms with Crippen molar-refractivity contribution in [1.82, 2.24) is 0 Å². The molecule has 0 aliphatic rings. The maximum Gasteiger partial charge on any atom is 0.336 e. The minimum absolute atomic E-state index is 0.315. The van der Waals surface area contributed by atoms with Crippen molar-refractivity contribution < 1.29 is 4.42 Å². The van der Waals surface area contributed by atoms with Crippen molar-refractivity contribution in [2.24, 2.45) is 0 Å². The summed E-state index contributed by atoms with van der Waals surface area (Å²) >= 11 is 0. The largest absolute Gasteiger partial charge is 0.422 e. The van der Waals surface area contributed by atoms with Crippen LogP contribution in [0, 0.1) is 0 Å². The van der Waals surface area contributed by atoms with Crippen molar-refractivity contribution in [3.63, 3.8) is 0 Å². The average Bonchev–Trinajstić information content (AvgIpc) is 2.51. The lowest BCUT2D eigenvalue weighted by Gasteiger charge is -2.10. The van der Waals surface area contributed by atoms with Crippen LogP contribution in [-0.2, 0) is 12.8 Å². The fourth-order valence-corrected chi connectivity index (χ4v) is 2.58. The standard InChI is InChI=1S/C19H16O2/c1-2-6-17-16(13-14-7-4-3-5-8-14)10-9-15-11-12-18(20)21-19(15)17/h2-5,7-12H,1,6,13H2. The first-order chi connectivity index (χ1) is 10.3. The van der Waals surface area contributed by atoms with Gasteiger partial charge in [0.15, 0.2) is 0 Å². The lowest BCUT2D eigenvalue weighted by molar-refractivity contribution is 0.557. The summed E-state index contributed by atoms with van der Waals surface area (Å²) in [5.41, 5.74) is 3.81. The molecule has 3 aromatic rings. The van der Waals surface area contributed by atoms with Gasteiger partial charge in [0.25, 0.3) is 0 Å². The quantitative estimate of drug-likeness (QED) is 0.530. The van der Waals surface area contributed by atoms with Gasteiger partial charge in [0, 0.05) is 17.0 Å². The van der Waals surface area contributed by atoms with E-state index in [0.717, 1.165) is 17.4 Å². The number of fused-ring (bicyclic) bond motifs is 1. The molecule has 21 heavy (non-hydrogen) atoms. The fraction of sp³-hybridized carbons (Fsp3) is 0.105. The number of allylic oxidation sites excluding steroid dienone is 1. The highest BCUT2D eigenvalue weighted by molar-refractivity contribution is 5.81. The number of rotatable bonds is 4. The molecule has 0 aliphatic carbocycles. The van der Waals surface area contributed by atoms with Crippen LogP contribution in [-0.4, -0.2) is 0 Å². The molecule has 0 bridgehead atoms. The zero-order chi connectivity index (χ0) is 14.7. The van der Waals surface area contributed by atoms with Crippen LogP contribution in [0.3, 0.4) is 0 Å². The van der Waals surface area contributed by atoms with E-state index >= 15 is 0 Å². The zero-order valence-electron chi connectivity index (χ0n) is 11.7. The molecule has 1 heterocycles. The number of benzene rings is 2. The predicted molar refractivity (Wildman–Crippen MR) is 85.6 cm³/mol. The first kappa shape index (κ1) is 13.4. The molecule has 0 unspecified atom stereocenters. The smallest absolute Gasteiger partial charge is 0.336 e. The first-order valence-corrected chi connectivity index (χ1v) is 6.97. The third-order valence-corrected chi connectivity index (χ3v) is 3.58. The molecule has 1 aromatic heterocycles. The van der Waals surface area contributed by atoms with Crippen LogP contribution in [0.5, 0.6) is 0 Å². The van der Waals surface area contributed by atoms with Gasteiger partial charge in [0.1, 0.15) is 5.58 Å². The molecular formula is C19H16O2. The fourth-order valence-electron chi connectivity index (χ4n) is 2.58. The minimum atomic E-state index is -0.315. The van der Waals surface area contributed by atoms with Gasteiger partial charge in [-0.15, -0.1) is 6.58 Å². The number of hydrogen-bond donors (Lipinski definition) is 0. The lowest BCUT2D eigenvalue weighted by Crippen LogP contribution is -2.01. The molecule has 0 radical (unpaired) electrons. The molecule has 0 saturated carbocycles. The van der Waals surface area contributed by atoms with Gasteiger partial charge in [-0.1, -0.05) is 48.5 Å². The van der Waals surface area contributed by atoms with Crippen LogP contribution in [0.1, 0.15) is 16.7 Å². The second-order valence-electron chi connectivity index (χ2n) is 5.03. The van der Waals surface area contributed by atoms with Crippen molar-refractivity contribution >= 4 is 11.0 Å². The third-order valence-electron chi connectivity index (χ3n) is 3.58. The summed E-state index contributed by atoms with van der Waals surface area (Å²) < 4.78 is 5.42. The van der Waals surface area contributed by atoms with Crippen LogP contribution in [0.4, 0.5) is 0 Å². The van der Waals surface area contributed by atoms with Gasteiger partial charge in [-0.2, -0.15) is 0 Å². The Morgan fingerprint density at radius 3 is 2.52 bits per heavy atom. The SMILES string of the molecule is C=CCc1c(Cc2ccccc2)ccc2ccc(=O)oc12. The van der Waals surface area contributed by atoms with Crippen molar-refractivity contribution in [3.05, 3.63) is 94.4 Å². The molecule has 2 heteroatoms. The lowest BCUT2D eigenvalue weighted by atomic mass is 9.96. The molecule has 3 rings (SSSR count). The monoisotopic (exact) mass is 276 g/mol. The van der Waals surface area contributed by atoms with Gasteiger partial charge in [-0.3, -0.25) is 0 Å². The summed E-state index contributed by atoms with van der Waals surface area (Å²) in [7, 11) is 0. The van der Waals surface area contributed by atoms with E-state index in [0.29, 0.717) is 12.0 Å². The maximum absolute atomic E-state index is 11.5. The summed E-state index contributed by atoms with van der Waals surface area (Å²) in [4.78, 5) is 11.5. The molecule has 2 nitrogen and oxygen atoms in total. The summed E-state index contributed by atoms with van der Waals surface area (Å²) in [6.07, 6.45) is 3.35. The van der Waals surface area contributed by atoms with Crippen molar-refractivity contribution in [3.8, 4) is 0 Å². The van der Waals surface area contributed by atoms with E-state index in [2.05, 4.69) is 24.8 Å². The summed E-state index contributed by atoms with van der Waals surface area (Å²) in [5.74, 6) is 0. The Morgan fingerprint density at radius 2 is 1.76 bits per heavy atom. The third kappa shape index (κ3) is 2.79. The maximum atomic E-state index is 11.5. The van der Waals surface area contributed by atoms with Crippen LogP contribution in [0.25, 0.3) is 11.0 Å². The predicted octanol–water partition coefficient (Wildman–Crippen LogP) is 4.11. The molecule has 0 atom stereocenters. The Balaban J connectivity index is 2.15. The van der Waals surface area contributed by atoms with Gasteiger partial charge in [0.05, 0.1) is 0 Å². The molecule has 2 aromatic carbocycles. The summed E-state index contributed by atoms with van der Waals surface area (Å²) in [6.45, 7) is 3.81. The van der Waals surface area contributed by atoms with Gasteiger partial charge in [0.2, 0.25) is 0 Å². The molecule has 0 N–H and O–H groups in total. The highest BCUT2D eigenvalue weighted by atomic mass is 16.4. The second-order valence-corrected chi connectivity index (χ2v) is 5.03. The Labute approximate surface area is 123 Å². The Bertz CT molecular complexity index is 829. The topological polar surface area (TPSA) is 30.2 Å². The normalized spacial score (nSPS) is 10.7. The Hall–Kier alpha value is -2.61. The molecule has 0 aliphatic heterocycles. The summed E-state index contributed by atoms with van der Waals surface area (Å²) in [5, 5.41) is 0.947. The zero-order valence-corrected chi connectivity index (χ0v) is 11.7. The van der Waals surface area contributed by atoms with Gasteiger partial charge >= 0.3 is 5.63 Å². The molecule has 104 valence electrons. The van der Waals surface area contributed by atoms with Crippen molar-refractivity contribution in [1.29, 1.82) is 0 Å². The van der Waals surface area contributed by atoms with Crippen LogP contribution in [0.15, 0.2) is 76.5 Å². The van der Waals surface area contributed by atoms with Gasteiger partial charge < -0.3 is 4.42 Å². The first-order valence-electron chi connectivity index (χ1n) is 6.97. The van der Waals surface area contributed by atoms with E-state index < -0.39 is 0 Å². The van der Waals surface area contributed by atoms with Crippen LogP contribution < -0.4 is 5.63 Å². The molecule has 0 spiro atoms. The molecule has 0 fully saturated rings. The molecule has 0 saturated heterocycles. The van der Waals surface area contributed by atoms with E-state index in [-0.39, 0.29) is 5.63 Å². The molecule has 0 amide bonds. The van der Waals surface area contributed by atoms with E-state index in [4.69, 9.17) is 4.42 Å². The van der Waals surface area contributed by atoms with Gasteiger partial charge in [-0.25, -0.2) is 4.79 Å². The minimum Gasteiger partial charge on any atom is -0.422 e. The van der Waals surface area contributed by atoms with Crippen molar-refractivity contribution in [2.75, 3.05) is 0 Å². The Kier molecular flexibility index (Phi) is 3.69. The van der Waals surface area contributed by atoms with E-state index in [9.17, 15) is 4.79 Å². The molecular weight excluding hydrogens is 260 g/mol. The van der Waals surface area contributed by atoms with E-state index in [1.807, 2.05) is 30.3 Å². The van der Waals surface area contributed by atoms with E-state index in [1.54, 1.807) is 6.07 Å². The highest BCUT2D eigenvalue weighted by Crippen LogP contribution is 2.24. The van der Waals surface area contributed by atoms with Crippen molar-refractivity contribution in [2.45, 2.75) is 12.8 Å². The average molecular weight is 276 g/mol. The Morgan fingerprint density at radius 1 is 1.00 bits per heavy atom. The highest BCUT2D eigenvalue weighted by Gasteiger charge is 2.10. The van der Waals surface area contributed by atoms with Crippen LogP contribution >= 0.6 is 0 Å². The second kappa shape index (κ2) is 5.80. The van der Waals surface area contributed by atoms with E-state index in [1.165, 1.54) is 17.2 Å². The van der Waals surface area contributed by atoms with Crippen LogP contribution in [0.2, 0.25) is 0 Å². The number of hydrogen-bond acceptors (Lipinski definition) is 2. The van der Waals surface area contributed by atoms with Gasteiger partial charge in [-0.05, 0) is 30.0 Å².